The Balaban J connectivity index is 1.57. The van der Waals surface area contributed by atoms with E-state index in [0.29, 0.717) is 6.42 Å². The molecule has 20 heavy (non-hydrogen) atoms. The van der Waals surface area contributed by atoms with Gasteiger partial charge in [0.1, 0.15) is 0 Å². The Hall–Kier alpha value is -0.980. The molecule has 0 radical (unpaired) electrons. The summed E-state index contributed by atoms with van der Waals surface area (Å²) in [5.74, 6) is 0.0694. The highest BCUT2D eigenvalue weighted by Gasteiger charge is 2.10. The maximum absolute atomic E-state index is 11.8. The number of hydrogen-bond donors (Lipinski definition) is 1. The van der Waals surface area contributed by atoms with Crippen LogP contribution in [0.5, 0.6) is 0 Å². The fourth-order valence-corrected chi connectivity index (χ4v) is 2.92. The van der Waals surface area contributed by atoms with Gasteiger partial charge in [0.15, 0.2) is 0 Å². The summed E-state index contributed by atoms with van der Waals surface area (Å²) >= 11 is 1.63. The number of nitrogens with one attached hydrogen (secondary N) is 1. The van der Waals surface area contributed by atoms with E-state index in [-0.39, 0.29) is 5.91 Å². The topological polar surface area (TPSA) is 54.5 Å². The summed E-state index contributed by atoms with van der Waals surface area (Å²) in [4.78, 5) is 18.6. The van der Waals surface area contributed by atoms with E-state index in [2.05, 4.69) is 22.1 Å². The molecule has 1 fully saturated rings. The van der Waals surface area contributed by atoms with Crippen LogP contribution in [0.3, 0.4) is 0 Å². The van der Waals surface area contributed by atoms with Gasteiger partial charge in [0.2, 0.25) is 5.91 Å². The highest BCUT2D eigenvalue weighted by Crippen LogP contribution is 2.10. The van der Waals surface area contributed by atoms with Gasteiger partial charge in [0.25, 0.3) is 0 Å². The summed E-state index contributed by atoms with van der Waals surface area (Å²) in [6.07, 6.45) is 2.32. The normalized spacial score (nSPS) is 16.2. The summed E-state index contributed by atoms with van der Waals surface area (Å²) in [5.41, 5.74) is 0.887. The van der Waals surface area contributed by atoms with Gasteiger partial charge in [-0.05, 0) is 19.4 Å². The number of rotatable bonds is 7. The van der Waals surface area contributed by atoms with Crippen molar-refractivity contribution in [2.75, 3.05) is 39.4 Å². The molecule has 6 heteroatoms. The van der Waals surface area contributed by atoms with Crippen molar-refractivity contribution < 1.29 is 9.53 Å². The van der Waals surface area contributed by atoms with Crippen LogP contribution in [0.25, 0.3) is 0 Å². The van der Waals surface area contributed by atoms with E-state index >= 15 is 0 Å². The van der Waals surface area contributed by atoms with Gasteiger partial charge in [-0.1, -0.05) is 6.92 Å². The third-order valence-electron chi connectivity index (χ3n) is 3.32. The smallest absolute Gasteiger partial charge is 0.226 e. The fourth-order valence-electron chi connectivity index (χ4n) is 2.17. The molecule has 112 valence electrons. The number of ether oxygens (including phenoxy) is 1. The van der Waals surface area contributed by atoms with Crippen LogP contribution in [0.4, 0.5) is 0 Å². The number of hydrogen-bond acceptors (Lipinski definition) is 5. The molecule has 0 unspecified atom stereocenters. The van der Waals surface area contributed by atoms with Crippen LogP contribution in [0.15, 0.2) is 5.38 Å². The first-order chi connectivity index (χ1) is 9.78. The predicted molar refractivity (Wildman–Crippen MR) is 80.1 cm³/mol. The van der Waals surface area contributed by atoms with E-state index in [1.807, 2.05) is 5.38 Å². The van der Waals surface area contributed by atoms with Crippen LogP contribution in [-0.4, -0.2) is 55.2 Å². The van der Waals surface area contributed by atoms with Crippen LogP contribution in [0.2, 0.25) is 0 Å². The summed E-state index contributed by atoms with van der Waals surface area (Å²) in [7, 11) is 0. The van der Waals surface area contributed by atoms with E-state index in [0.717, 1.165) is 62.9 Å². The molecule has 0 aromatic carbocycles. The zero-order chi connectivity index (χ0) is 14.2. The third kappa shape index (κ3) is 5.19. The minimum Gasteiger partial charge on any atom is -0.379 e. The lowest BCUT2D eigenvalue weighted by Gasteiger charge is -2.26. The van der Waals surface area contributed by atoms with Gasteiger partial charge in [-0.3, -0.25) is 9.69 Å². The number of amides is 1. The second kappa shape index (κ2) is 8.34. The Morgan fingerprint density at radius 2 is 2.30 bits per heavy atom. The van der Waals surface area contributed by atoms with Crippen LogP contribution >= 0.6 is 11.3 Å². The number of aromatic nitrogens is 1. The molecule has 5 nitrogen and oxygen atoms in total. The first-order valence-electron chi connectivity index (χ1n) is 7.28. The molecule has 1 amide bonds. The Bertz CT molecular complexity index is 416. The molecule has 0 bridgehead atoms. The molecule has 1 N–H and O–H groups in total. The van der Waals surface area contributed by atoms with Crippen molar-refractivity contribution in [1.82, 2.24) is 15.2 Å². The highest BCUT2D eigenvalue weighted by atomic mass is 32.1. The van der Waals surface area contributed by atoms with Gasteiger partial charge in [-0.25, -0.2) is 4.98 Å². The zero-order valence-electron chi connectivity index (χ0n) is 12.1. The zero-order valence-corrected chi connectivity index (χ0v) is 12.9. The molecule has 1 aromatic rings. The molecule has 0 saturated carbocycles. The van der Waals surface area contributed by atoms with E-state index in [9.17, 15) is 4.79 Å². The molecule has 0 spiro atoms. The average molecular weight is 297 g/mol. The lowest BCUT2D eigenvalue weighted by Crippen LogP contribution is -2.38. The fraction of sp³-hybridized carbons (Fsp3) is 0.714. The first-order valence-corrected chi connectivity index (χ1v) is 8.16. The van der Waals surface area contributed by atoms with Crippen molar-refractivity contribution in [3.05, 3.63) is 16.1 Å². The van der Waals surface area contributed by atoms with Crippen molar-refractivity contribution >= 4 is 17.2 Å². The van der Waals surface area contributed by atoms with E-state index < -0.39 is 0 Å². The van der Waals surface area contributed by atoms with Gasteiger partial charge in [-0.15, -0.1) is 11.3 Å². The predicted octanol–water partition coefficient (Wildman–Crippen LogP) is 1.09. The van der Waals surface area contributed by atoms with Crippen LogP contribution in [0.1, 0.15) is 24.0 Å². The molecule has 2 heterocycles. The minimum absolute atomic E-state index is 0.0694. The maximum atomic E-state index is 11.8. The highest BCUT2D eigenvalue weighted by molar-refractivity contribution is 7.09. The van der Waals surface area contributed by atoms with Gasteiger partial charge in [-0.2, -0.15) is 0 Å². The Morgan fingerprint density at radius 1 is 1.50 bits per heavy atom. The summed E-state index contributed by atoms with van der Waals surface area (Å²) in [6.45, 7) is 7.51. The van der Waals surface area contributed by atoms with E-state index in [1.165, 1.54) is 0 Å². The molecule has 2 rings (SSSR count). The van der Waals surface area contributed by atoms with Crippen molar-refractivity contribution in [3.63, 3.8) is 0 Å². The molecule has 0 atom stereocenters. The monoisotopic (exact) mass is 297 g/mol. The number of thiazole rings is 1. The quantitative estimate of drug-likeness (QED) is 0.765. The molecule has 1 aliphatic heterocycles. The molecular weight excluding hydrogens is 274 g/mol. The van der Waals surface area contributed by atoms with E-state index in [1.54, 1.807) is 11.3 Å². The van der Waals surface area contributed by atoms with Crippen molar-refractivity contribution in [1.29, 1.82) is 0 Å². The molecule has 1 aliphatic rings. The Kier molecular flexibility index (Phi) is 6.42. The second-order valence-electron chi connectivity index (χ2n) is 4.92. The number of nitrogens with zero attached hydrogens (tertiary/aromatic N) is 2. The Labute approximate surface area is 124 Å². The first kappa shape index (κ1) is 15.4. The van der Waals surface area contributed by atoms with Crippen molar-refractivity contribution in [3.8, 4) is 0 Å². The van der Waals surface area contributed by atoms with Gasteiger partial charge < -0.3 is 10.1 Å². The lowest BCUT2D eigenvalue weighted by molar-refractivity contribution is -0.120. The summed E-state index contributed by atoms with van der Waals surface area (Å²) in [6, 6.07) is 0. The second-order valence-corrected chi connectivity index (χ2v) is 5.86. The number of morpholine rings is 1. The number of aryl methyl sites for hydroxylation is 1. The molecule has 1 saturated heterocycles. The van der Waals surface area contributed by atoms with Crippen molar-refractivity contribution in [2.24, 2.45) is 0 Å². The lowest BCUT2D eigenvalue weighted by atomic mass is 10.3. The van der Waals surface area contributed by atoms with E-state index in [4.69, 9.17) is 4.74 Å². The Morgan fingerprint density at radius 3 is 3.00 bits per heavy atom. The minimum atomic E-state index is 0.0694. The summed E-state index contributed by atoms with van der Waals surface area (Å²) < 4.78 is 5.30. The largest absolute Gasteiger partial charge is 0.379 e. The standard InChI is InChI=1S/C14H23N3O2S/c1-2-14-16-12(11-20-14)10-13(18)15-4-3-5-17-6-8-19-9-7-17/h11H,2-10H2,1H3,(H,15,18). The maximum Gasteiger partial charge on any atom is 0.226 e. The molecular formula is C14H23N3O2S. The number of carbonyl (C=O) groups excluding carboxylic acids is 1. The van der Waals surface area contributed by atoms with Crippen molar-refractivity contribution in [2.45, 2.75) is 26.2 Å². The van der Waals surface area contributed by atoms with Crippen LogP contribution in [0, 0.1) is 0 Å². The average Bonchev–Trinajstić information content (AvgIpc) is 2.92. The van der Waals surface area contributed by atoms with Crippen LogP contribution < -0.4 is 5.32 Å². The SMILES string of the molecule is CCc1nc(CC(=O)NCCCN2CCOCC2)cs1. The molecule has 1 aromatic heterocycles. The van der Waals surface area contributed by atoms with Gasteiger partial charge in [0.05, 0.1) is 30.3 Å². The summed E-state index contributed by atoms with van der Waals surface area (Å²) in [5, 5.41) is 6.04. The van der Waals surface area contributed by atoms with Gasteiger partial charge in [0, 0.05) is 25.0 Å². The van der Waals surface area contributed by atoms with Gasteiger partial charge >= 0.3 is 0 Å². The van der Waals surface area contributed by atoms with Crippen LogP contribution in [-0.2, 0) is 22.4 Å². The number of carbonyl (C=O) groups is 1. The third-order valence-corrected chi connectivity index (χ3v) is 4.36. The molecule has 0 aliphatic carbocycles.